The average molecular weight is 309 g/mol. The number of benzene rings is 2. The number of ether oxygens (including phenoxy) is 1. The molecule has 0 saturated heterocycles. The van der Waals surface area contributed by atoms with Crippen LogP contribution in [0.25, 0.3) is 0 Å². The highest BCUT2D eigenvalue weighted by molar-refractivity contribution is 9.10. The summed E-state index contributed by atoms with van der Waals surface area (Å²) in [5, 5.41) is 0. The fourth-order valence-corrected chi connectivity index (χ4v) is 1.81. The zero-order chi connectivity index (χ0) is 13.1. The topological polar surface area (TPSA) is 26.3 Å². The highest BCUT2D eigenvalue weighted by Crippen LogP contribution is 2.20. The van der Waals surface area contributed by atoms with Crippen LogP contribution in [0.2, 0.25) is 0 Å². The molecule has 0 aliphatic carbocycles. The Kier molecular flexibility index (Phi) is 3.77. The van der Waals surface area contributed by atoms with Gasteiger partial charge in [0, 0.05) is 11.1 Å². The van der Waals surface area contributed by atoms with E-state index in [1.165, 1.54) is 19.2 Å². The van der Waals surface area contributed by atoms with Crippen molar-refractivity contribution >= 4 is 21.7 Å². The molecule has 0 aromatic heterocycles. The van der Waals surface area contributed by atoms with E-state index in [2.05, 4.69) is 15.9 Å². The summed E-state index contributed by atoms with van der Waals surface area (Å²) in [5.41, 5.74) is 0.778. The molecule has 0 aliphatic heterocycles. The molecule has 0 bridgehead atoms. The summed E-state index contributed by atoms with van der Waals surface area (Å²) in [5.74, 6) is -0.0949. The molecule has 0 heterocycles. The van der Waals surface area contributed by atoms with Crippen molar-refractivity contribution in [3.63, 3.8) is 0 Å². The van der Waals surface area contributed by atoms with Crippen LogP contribution in [0.15, 0.2) is 46.9 Å². The van der Waals surface area contributed by atoms with Crippen molar-refractivity contribution in [2.75, 3.05) is 7.11 Å². The van der Waals surface area contributed by atoms with E-state index >= 15 is 0 Å². The first-order valence-corrected chi connectivity index (χ1v) is 6.05. The van der Waals surface area contributed by atoms with E-state index in [-0.39, 0.29) is 5.78 Å². The van der Waals surface area contributed by atoms with Crippen molar-refractivity contribution in [1.29, 1.82) is 0 Å². The fraction of sp³-hybridized carbons (Fsp3) is 0.0714. The summed E-state index contributed by atoms with van der Waals surface area (Å²) >= 11 is 3.05. The van der Waals surface area contributed by atoms with E-state index < -0.39 is 5.82 Å². The highest BCUT2D eigenvalue weighted by Gasteiger charge is 2.11. The second-order valence-electron chi connectivity index (χ2n) is 3.69. The van der Waals surface area contributed by atoms with Gasteiger partial charge in [0.25, 0.3) is 0 Å². The lowest BCUT2D eigenvalue weighted by Crippen LogP contribution is -2.02. The number of rotatable bonds is 3. The van der Waals surface area contributed by atoms with Crippen LogP contribution in [0, 0.1) is 5.82 Å². The standard InChI is InChI=1S/C14H10BrFO2/c1-18-11-4-2-3-9(7-11)14(17)10-5-6-12(15)13(16)8-10/h2-8H,1H3. The van der Waals surface area contributed by atoms with E-state index in [9.17, 15) is 9.18 Å². The number of carbonyl (C=O) groups excluding carboxylic acids is 1. The molecule has 2 aromatic carbocycles. The lowest BCUT2D eigenvalue weighted by molar-refractivity contribution is 0.103. The fourth-order valence-electron chi connectivity index (χ4n) is 1.57. The van der Waals surface area contributed by atoms with Crippen molar-refractivity contribution in [3.05, 3.63) is 63.9 Å². The van der Waals surface area contributed by atoms with E-state index in [4.69, 9.17) is 4.74 Å². The molecular formula is C14H10BrFO2. The molecule has 0 N–H and O–H groups in total. The number of hydrogen-bond donors (Lipinski definition) is 0. The summed E-state index contributed by atoms with van der Waals surface area (Å²) in [6.07, 6.45) is 0. The maximum atomic E-state index is 13.4. The van der Waals surface area contributed by atoms with Gasteiger partial charge in [-0.2, -0.15) is 0 Å². The Balaban J connectivity index is 2.38. The minimum atomic E-state index is -0.455. The number of methoxy groups -OCH3 is 1. The highest BCUT2D eigenvalue weighted by atomic mass is 79.9. The number of hydrogen-bond acceptors (Lipinski definition) is 2. The minimum absolute atomic E-state index is 0.236. The summed E-state index contributed by atoms with van der Waals surface area (Å²) in [4.78, 5) is 12.1. The van der Waals surface area contributed by atoms with Gasteiger partial charge in [-0.05, 0) is 46.3 Å². The Hall–Kier alpha value is -1.68. The summed E-state index contributed by atoms with van der Waals surface area (Å²) in [7, 11) is 1.53. The van der Waals surface area contributed by atoms with Crippen molar-refractivity contribution in [1.82, 2.24) is 0 Å². The Morgan fingerprint density at radius 1 is 1.17 bits per heavy atom. The molecule has 0 amide bonds. The van der Waals surface area contributed by atoms with E-state index in [0.717, 1.165) is 0 Å². The Bertz CT molecular complexity index is 596. The number of halogens is 2. The van der Waals surface area contributed by atoms with Gasteiger partial charge in [-0.3, -0.25) is 4.79 Å². The number of carbonyl (C=O) groups is 1. The van der Waals surface area contributed by atoms with E-state index in [1.807, 2.05) is 0 Å². The monoisotopic (exact) mass is 308 g/mol. The Morgan fingerprint density at radius 3 is 2.56 bits per heavy atom. The van der Waals surface area contributed by atoms with Gasteiger partial charge in [0.2, 0.25) is 0 Å². The molecule has 0 unspecified atom stereocenters. The molecule has 2 aromatic rings. The molecule has 92 valence electrons. The van der Waals surface area contributed by atoms with Crippen molar-refractivity contribution in [3.8, 4) is 5.75 Å². The lowest BCUT2D eigenvalue weighted by atomic mass is 10.0. The van der Waals surface area contributed by atoms with Gasteiger partial charge in [-0.1, -0.05) is 12.1 Å². The van der Waals surface area contributed by atoms with Gasteiger partial charge in [-0.15, -0.1) is 0 Å². The lowest BCUT2D eigenvalue weighted by Gasteiger charge is -2.04. The molecule has 0 radical (unpaired) electrons. The predicted octanol–water partition coefficient (Wildman–Crippen LogP) is 3.83. The van der Waals surface area contributed by atoms with Gasteiger partial charge in [0.05, 0.1) is 11.6 Å². The summed E-state index contributed by atoms with van der Waals surface area (Å²) in [6, 6.07) is 11.1. The summed E-state index contributed by atoms with van der Waals surface area (Å²) < 4.78 is 18.8. The zero-order valence-electron chi connectivity index (χ0n) is 9.61. The van der Waals surface area contributed by atoms with Crippen LogP contribution in [-0.2, 0) is 0 Å². The van der Waals surface area contributed by atoms with Gasteiger partial charge in [-0.25, -0.2) is 4.39 Å². The second kappa shape index (κ2) is 5.31. The molecular weight excluding hydrogens is 299 g/mol. The molecule has 0 aliphatic rings. The number of ketones is 1. The maximum Gasteiger partial charge on any atom is 0.193 e. The predicted molar refractivity (Wildman–Crippen MR) is 70.5 cm³/mol. The van der Waals surface area contributed by atoms with Crippen molar-refractivity contribution in [2.45, 2.75) is 0 Å². The van der Waals surface area contributed by atoms with Gasteiger partial charge < -0.3 is 4.74 Å². The van der Waals surface area contributed by atoms with Crippen molar-refractivity contribution in [2.24, 2.45) is 0 Å². The smallest absolute Gasteiger partial charge is 0.193 e. The van der Waals surface area contributed by atoms with Crippen LogP contribution < -0.4 is 4.74 Å². The first kappa shape index (κ1) is 12.8. The maximum absolute atomic E-state index is 13.4. The molecule has 2 nitrogen and oxygen atoms in total. The molecule has 2 rings (SSSR count). The van der Waals surface area contributed by atoms with Gasteiger partial charge >= 0.3 is 0 Å². The van der Waals surface area contributed by atoms with Crippen LogP contribution in [0.4, 0.5) is 4.39 Å². The Morgan fingerprint density at radius 2 is 1.89 bits per heavy atom. The van der Waals surface area contributed by atoms with Crippen molar-refractivity contribution < 1.29 is 13.9 Å². The normalized spacial score (nSPS) is 10.2. The molecule has 0 atom stereocenters. The third-order valence-electron chi connectivity index (χ3n) is 2.51. The van der Waals surface area contributed by atoms with Crippen LogP contribution in [0.5, 0.6) is 5.75 Å². The first-order valence-electron chi connectivity index (χ1n) is 5.25. The van der Waals surface area contributed by atoms with Gasteiger partial charge in [0.1, 0.15) is 11.6 Å². The van der Waals surface area contributed by atoms with Crippen LogP contribution in [-0.4, -0.2) is 12.9 Å². The molecule has 0 saturated carbocycles. The summed E-state index contributed by atoms with van der Waals surface area (Å²) in [6.45, 7) is 0. The quantitative estimate of drug-likeness (QED) is 0.806. The average Bonchev–Trinajstić information content (AvgIpc) is 2.41. The van der Waals surface area contributed by atoms with E-state index in [1.54, 1.807) is 30.3 Å². The second-order valence-corrected chi connectivity index (χ2v) is 4.54. The van der Waals surface area contributed by atoms with Crippen LogP contribution in [0.3, 0.4) is 0 Å². The largest absolute Gasteiger partial charge is 0.497 e. The molecule has 0 fully saturated rings. The Labute approximate surface area is 113 Å². The molecule has 0 spiro atoms. The molecule has 18 heavy (non-hydrogen) atoms. The SMILES string of the molecule is COc1cccc(C(=O)c2ccc(Br)c(F)c2)c1. The minimum Gasteiger partial charge on any atom is -0.497 e. The third-order valence-corrected chi connectivity index (χ3v) is 3.16. The molecule has 4 heteroatoms. The van der Waals surface area contributed by atoms with Crippen LogP contribution >= 0.6 is 15.9 Å². The third kappa shape index (κ3) is 2.59. The van der Waals surface area contributed by atoms with E-state index in [0.29, 0.717) is 21.3 Å². The zero-order valence-corrected chi connectivity index (χ0v) is 11.2. The van der Waals surface area contributed by atoms with Gasteiger partial charge in [0.15, 0.2) is 5.78 Å². The van der Waals surface area contributed by atoms with Crippen LogP contribution in [0.1, 0.15) is 15.9 Å². The first-order chi connectivity index (χ1) is 8.61.